The molecule has 0 aliphatic rings. The third kappa shape index (κ3) is 2.55. The summed E-state index contributed by atoms with van der Waals surface area (Å²) in [5.74, 6) is 1.08. The number of nitrogens with one attached hydrogen (secondary N) is 1. The quantitative estimate of drug-likeness (QED) is 0.688. The highest BCUT2D eigenvalue weighted by Gasteiger charge is 2.07. The standard InChI is InChI=1S/C14H18N6/c1-2-20-13-6-4-3-5-12(13)17-14(20)11-15-7-9-19-10-8-16-18-19/h3-6,8,10,15H,2,7,9,11H2,1H3. The van der Waals surface area contributed by atoms with Gasteiger partial charge in [0.25, 0.3) is 0 Å². The van der Waals surface area contributed by atoms with Crippen molar-refractivity contribution >= 4 is 11.0 Å². The van der Waals surface area contributed by atoms with Crippen LogP contribution in [-0.2, 0) is 19.6 Å². The fourth-order valence-corrected chi connectivity index (χ4v) is 2.36. The number of hydrogen-bond acceptors (Lipinski definition) is 4. The Hall–Kier alpha value is -2.21. The van der Waals surface area contributed by atoms with Crippen molar-refractivity contribution < 1.29 is 0 Å². The molecule has 6 nitrogen and oxygen atoms in total. The molecule has 0 radical (unpaired) electrons. The lowest BCUT2D eigenvalue weighted by Gasteiger charge is -2.07. The minimum atomic E-state index is 0.761. The second kappa shape index (κ2) is 5.83. The highest BCUT2D eigenvalue weighted by atomic mass is 15.4. The topological polar surface area (TPSA) is 60.6 Å². The normalized spacial score (nSPS) is 11.2. The molecule has 20 heavy (non-hydrogen) atoms. The van der Waals surface area contributed by atoms with E-state index < -0.39 is 0 Å². The van der Waals surface area contributed by atoms with Crippen LogP contribution in [0, 0.1) is 0 Å². The van der Waals surface area contributed by atoms with Gasteiger partial charge in [-0.1, -0.05) is 17.3 Å². The van der Waals surface area contributed by atoms with Crippen molar-refractivity contribution in [1.82, 2.24) is 29.9 Å². The van der Waals surface area contributed by atoms with Crippen LogP contribution in [-0.4, -0.2) is 31.1 Å². The molecule has 2 aromatic heterocycles. The number of aryl methyl sites for hydroxylation is 1. The number of hydrogen-bond donors (Lipinski definition) is 1. The molecular formula is C14H18N6. The van der Waals surface area contributed by atoms with Crippen LogP contribution >= 0.6 is 0 Å². The molecule has 0 saturated carbocycles. The first-order chi connectivity index (χ1) is 9.88. The fraction of sp³-hybridized carbons (Fsp3) is 0.357. The van der Waals surface area contributed by atoms with Gasteiger partial charge < -0.3 is 9.88 Å². The monoisotopic (exact) mass is 270 g/mol. The van der Waals surface area contributed by atoms with Gasteiger partial charge >= 0.3 is 0 Å². The SMILES string of the molecule is CCn1c(CNCCn2ccnn2)nc2ccccc21. The van der Waals surface area contributed by atoms with Crippen LogP contribution in [0.4, 0.5) is 0 Å². The minimum Gasteiger partial charge on any atom is -0.327 e. The molecule has 0 amide bonds. The first kappa shape index (κ1) is 12.8. The van der Waals surface area contributed by atoms with Crippen LogP contribution in [0.15, 0.2) is 36.7 Å². The maximum absolute atomic E-state index is 4.68. The van der Waals surface area contributed by atoms with E-state index in [1.54, 1.807) is 6.20 Å². The van der Waals surface area contributed by atoms with Gasteiger partial charge in [-0.3, -0.25) is 4.68 Å². The zero-order chi connectivity index (χ0) is 13.8. The van der Waals surface area contributed by atoms with Gasteiger partial charge in [0.2, 0.25) is 0 Å². The number of rotatable bonds is 6. The molecule has 3 aromatic rings. The highest BCUT2D eigenvalue weighted by molar-refractivity contribution is 5.75. The number of aromatic nitrogens is 5. The molecule has 0 unspecified atom stereocenters. The molecule has 0 bridgehead atoms. The van der Waals surface area contributed by atoms with Crippen LogP contribution in [0.1, 0.15) is 12.7 Å². The lowest BCUT2D eigenvalue weighted by atomic mass is 10.3. The van der Waals surface area contributed by atoms with E-state index in [1.165, 1.54) is 5.52 Å². The van der Waals surface area contributed by atoms with Crippen molar-refractivity contribution in [3.05, 3.63) is 42.5 Å². The molecule has 0 aliphatic carbocycles. The Kier molecular flexibility index (Phi) is 3.73. The van der Waals surface area contributed by atoms with E-state index in [1.807, 2.05) is 16.9 Å². The average molecular weight is 270 g/mol. The average Bonchev–Trinajstić information content (AvgIpc) is 3.10. The Morgan fingerprint density at radius 1 is 1.25 bits per heavy atom. The molecule has 0 spiro atoms. The largest absolute Gasteiger partial charge is 0.327 e. The van der Waals surface area contributed by atoms with Gasteiger partial charge in [0.15, 0.2) is 0 Å². The van der Waals surface area contributed by atoms with E-state index in [4.69, 9.17) is 0 Å². The van der Waals surface area contributed by atoms with Crippen LogP contribution in [0.25, 0.3) is 11.0 Å². The number of nitrogens with zero attached hydrogens (tertiary/aromatic N) is 5. The van der Waals surface area contributed by atoms with E-state index in [2.05, 4.69) is 50.3 Å². The summed E-state index contributed by atoms with van der Waals surface area (Å²) in [6.45, 7) is 5.49. The third-order valence-corrected chi connectivity index (χ3v) is 3.32. The van der Waals surface area contributed by atoms with Crippen molar-refractivity contribution in [1.29, 1.82) is 0 Å². The fourth-order valence-electron chi connectivity index (χ4n) is 2.36. The Bertz CT molecular complexity index is 670. The summed E-state index contributed by atoms with van der Waals surface area (Å²) in [7, 11) is 0. The Balaban J connectivity index is 1.65. The van der Waals surface area contributed by atoms with Crippen molar-refractivity contribution in [2.24, 2.45) is 0 Å². The van der Waals surface area contributed by atoms with Crippen molar-refractivity contribution in [3.63, 3.8) is 0 Å². The summed E-state index contributed by atoms with van der Waals surface area (Å²) in [5.41, 5.74) is 2.26. The summed E-state index contributed by atoms with van der Waals surface area (Å²) >= 11 is 0. The molecule has 0 saturated heterocycles. The zero-order valence-electron chi connectivity index (χ0n) is 11.5. The van der Waals surface area contributed by atoms with Gasteiger partial charge in [-0.25, -0.2) is 4.98 Å². The third-order valence-electron chi connectivity index (χ3n) is 3.32. The van der Waals surface area contributed by atoms with Gasteiger partial charge in [-0.15, -0.1) is 5.10 Å². The molecule has 6 heteroatoms. The molecule has 2 heterocycles. The predicted octanol–water partition coefficient (Wildman–Crippen LogP) is 1.44. The predicted molar refractivity (Wildman–Crippen MR) is 77.1 cm³/mol. The van der Waals surface area contributed by atoms with E-state index in [0.29, 0.717) is 0 Å². The lowest BCUT2D eigenvalue weighted by molar-refractivity contribution is 0.527. The Labute approximate surface area is 117 Å². The summed E-state index contributed by atoms with van der Waals surface area (Å²) in [5, 5.41) is 11.1. The summed E-state index contributed by atoms with van der Waals surface area (Å²) in [4.78, 5) is 4.68. The molecular weight excluding hydrogens is 252 g/mol. The molecule has 0 atom stereocenters. The summed E-state index contributed by atoms with van der Waals surface area (Å²) in [6.07, 6.45) is 3.56. The van der Waals surface area contributed by atoms with E-state index in [9.17, 15) is 0 Å². The Morgan fingerprint density at radius 2 is 2.15 bits per heavy atom. The number of benzene rings is 1. The highest BCUT2D eigenvalue weighted by Crippen LogP contribution is 2.15. The van der Waals surface area contributed by atoms with Crippen molar-refractivity contribution in [2.75, 3.05) is 6.54 Å². The van der Waals surface area contributed by atoms with Gasteiger partial charge in [-0.2, -0.15) is 0 Å². The van der Waals surface area contributed by atoms with Crippen LogP contribution in [0.3, 0.4) is 0 Å². The van der Waals surface area contributed by atoms with Crippen molar-refractivity contribution in [2.45, 2.75) is 26.6 Å². The smallest absolute Gasteiger partial charge is 0.123 e. The number of fused-ring (bicyclic) bond motifs is 1. The van der Waals surface area contributed by atoms with Gasteiger partial charge in [0, 0.05) is 19.3 Å². The molecule has 1 aromatic carbocycles. The molecule has 0 fully saturated rings. The van der Waals surface area contributed by atoms with Crippen molar-refractivity contribution in [3.8, 4) is 0 Å². The van der Waals surface area contributed by atoms with Gasteiger partial charge in [0.05, 0.1) is 30.3 Å². The van der Waals surface area contributed by atoms with E-state index in [0.717, 1.165) is 37.5 Å². The van der Waals surface area contributed by atoms with E-state index >= 15 is 0 Å². The Morgan fingerprint density at radius 3 is 2.95 bits per heavy atom. The molecule has 104 valence electrons. The molecule has 1 N–H and O–H groups in total. The second-order valence-electron chi connectivity index (χ2n) is 4.60. The zero-order valence-corrected chi connectivity index (χ0v) is 11.5. The maximum Gasteiger partial charge on any atom is 0.123 e. The van der Waals surface area contributed by atoms with Crippen LogP contribution < -0.4 is 5.32 Å². The molecule has 0 aliphatic heterocycles. The summed E-state index contributed by atoms with van der Waals surface area (Å²) in [6, 6.07) is 8.25. The van der Waals surface area contributed by atoms with E-state index in [-0.39, 0.29) is 0 Å². The van der Waals surface area contributed by atoms with Crippen LogP contribution in [0.2, 0.25) is 0 Å². The minimum absolute atomic E-state index is 0.761. The lowest BCUT2D eigenvalue weighted by Crippen LogP contribution is -2.22. The maximum atomic E-state index is 4.68. The first-order valence-corrected chi connectivity index (χ1v) is 6.87. The number of para-hydroxylation sites is 2. The van der Waals surface area contributed by atoms with Crippen LogP contribution in [0.5, 0.6) is 0 Å². The first-order valence-electron chi connectivity index (χ1n) is 6.87. The number of imidazole rings is 1. The van der Waals surface area contributed by atoms with Gasteiger partial charge in [-0.05, 0) is 19.1 Å². The second-order valence-corrected chi connectivity index (χ2v) is 4.60. The van der Waals surface area contributed by atoms with Gasteiger partial charge in [0.1, 0.15) is 5.82 Å². The summed E-state index contributed by atoms with van der Waals surface area (Å²) < 4.78 is 4.06. The molecule has 3 rings (SSSR count).